The van der Waals surface area contributed by atoms with E-state index >= 15 is 0 Å². The van der Waals surface area contributed by atoms with Crippen LogP contribution in [0, 0.1) is 0 Å². The number of halogens is 1. The average Bonchev–Trinajstić information content (AvgIpc) is 2.69. The number of amides is 1. The lowest BCUT2D eigenvalue weighted by molar-refractivity contribution is 0.0945. The minimum absolute atomic E-state index is 0. The molecular weight excluding hydrogens is 230 g/mol. The van der Waals surface area contributed by atoms with Crippen LogP contribution in [-0.2, 0) is 12.8 Å². The fourth-order valence-electron chi connectivity index (χ4n) is 1.83. The molecule has 0 unspecified atom stereocenters. The maximum absolute atomic E-state index is 11.6. The summed E-state index contributed by atoms with van der Waals surface area (Å²) in [5, 5.41) is 6.52. The van der Waals surface area contributed by atoms with Crippen LogP contribution in [0.1, 0.15) is 34.7 Å². The number of hydrogen-bond donors (Lipinski definition) is 2. The molecule has 1 amide bonds. The molecule has 0 saturated carbocycles. The number of aromatic nitrogens is 1. The summed E-state index contributed by atoms with van der Waals surface area (Å²) in [5.74, 6) is 0.700. The van der Waals surface area contributed by atoms with Gasteiger partial charge in [0, 0.05) is 25.1 Å². The number of fused-ring (bicyclic) bond motifs is 1. The van der Waals surface area contributed by atoms with Crippen molar-refractivity contribution in [2.24, 2.45) is 5.73 Å². The third-order valence-corrected chi connectivity index (χ3v) is 2.60. The Balaban J connectivity index is 0.00000128. The van der Waals surface area contributed by atoms with Gasteiger partial charge in [-0.3, -0.25) is 4.79 Å². The van der Waals surface area contributed by atoms with Crippen molar-refractivity contribution in [2.75, 3.05) is 13.1 Å². The first kappa shape index (κ1) is 13.0. The molecule has 0 radical (unpaired) electrons. The average molecular weight is 246 g/mol. The number of hydrogen-bond acceptors (Lipinski definition) is 4. The highest BCUT2D eigenvalue weighted by Crippen LogP contribution is 2.23. The predicted molar refractivity (Wildman–Crippen MR) is 61.8 cm³/mol. The first-order chi connectivity index (χ1) is 7.33. The van der Waals surface area contributed by atoms with Gasteiger partial charge in [0.05, 0.1) is 0 Å². The van der Waals surface area contributed by atoms with E-state index in [1.165, 1.54) is 0 Å². The molecule has 1 aliphatic carbocycles. The molecule has 0 saturated heterocycles. The van der Waals surface area contributed by atoms with E-state index in [1.807, 2.05) is 0 Å². The molecule has 0 fully saturated rings. The fraction of sp³-hybridized carbons (Fsp3) is 0.600. The maximum Gasteiger partial charge on any atom is 0.273 e. The number of nitrogens with zero attached hydrogens (tertiary/aromatic N) is 1. The zero-order chi connectivity index (χ0) is 10.7. The van der Waals surface area contributed by atoms with Crippen molar-refractivity contribution in [3.05, 3.63) is 17.0 Å². The lowest BCUT2D eigenvalue weighted by atomic mass is 9.96. The van der Waals surface area contributed by atoms with Gasteiger partial charge in [0.15, 0.2) is 5.69 Å². The molecule has 16 heavy (non-hydrogen) atoms. The van der Waals surface area contributed by atoms with E-state index in [4.69, 9.17) is 10.3 Å². The molecule has 90 valence electrons. The second kappa shape index (κ2) is 5.86. The van der Waals surface area contributed by atoms with Gasteiger partial charge < -0.3 is 15.6 Å². The van der Waals surface area contributed by atoms with E-state index in [0.717, 1.165) is 37.0 Å². The maximum atomic E-state index is 11.6. The van der Waals surface area contributed by atoms with Crippen LogP contribution in [0.15, 0.2) is 4.52 Å². The second-order valence-corrected chi connectivity index (χ2v) is 3.68. The quantitative estimate of drug-likeness (QED) is 0.820. The van der Waals surface area contributed by atoms with Gasteiger partial charge in [0.2, 0.25) is 0 Å². The summed E-state index contributed by atoms with van der Waals surface area (Å²) in [4.78, 5) is 11.6. The van der Waals surface area contributed by atoms with Crippen LogP contribution >= 0.6 is 12.4 Å². The monoisotopic (exact) mass is 245 g/mol. The van der Waals surface area contributed by atoms with E-state index in [1.54, 1.807) is 0 Å². The molecule has 1 aromatic heterocycles. The van der Waals surface area contributed by atoms with Crippen molar-refractivity contribution in [1.29, 1.82) is 0 Å². The zero-order valence-corrected chi connectivity index (χ0v) is 9.81. The first-order valence-electron chi connectivity index (χ1n) is 5.28. The molecule has 0 atom stereocenters. The third-order valence-electron chi connectivity index (χ3n) is 2.60. The molecule has 5 nitrogen and oxygen atoms in total. The van der Waals surface area contributed by atoms with Crippen LogP contribution in [0.3, 0.4) is 0 Å². The summed E-state index contributed by atoms with van der Waals surface area (Å²) >= 11 is 0. The van der Waals surface area contributed by atoms with Gasteiger partial charge in [0.25, 0.3) is 5.91 Å². The number of carbonyl (C=O) groups excluding carboxylic acids is 1. The highest BCUT2D eigenvalue weighted by Gasteiger charge is 2.23. The summed E-state index contributed by atoms with van der Waals surface area (Å²) in [6, 6.07) is 0. The Bertz CT molecular complexity index is 365. The van der Waals surface area contributed by atoms with Crippen molar-refractivity contribution < 1.29 is 9.32 Å². The number of aryl methyl sites for hydroxylation is 1. The number of nitrogens with one attached hydrogen (secondary N) is 1. The van der Waals surface area contributed by atoms with Gasteiger partial charge in [-0.25, -0.2) is 0 Å². The normalized spacial score (nSPS) is 13.8. The molecule has 0 aromatic carbocycles. The molecule has 1 aliphatic rings. The van der Waals surface area contributed by atoms with E-state index in [2.05, 4.69) is 10.5 Å². The largest absolute Gasteiger partial charge is 0.360 e. The Morgan fingerprint density at radius 3 is 2.94 bits per heavy atom. The molecule has 0 bridgehead atoms. The molecule has 1 aromatic rings. The van der Waals surface area contributed by atoms with Crippen LogP contribution in [0.4, 0.5) is 0 Å². The van der Waals surface area contributed by atoms with E-state index in [-0.39, 0.29) is 18.3 Å². The summed E-state index contributed by atoms with van der Waals surface area (Å²) < 4.78 is 5.15. The Labute approximate surface area is 100 Å². The van der Waals surface area contributed by atoms with Gasteiger partial charge in [-0.2, -0.15) is 0 Å². The predicted octanol–water partition coefficient (Wildman–Crippen LogP) is 0.664. The van der Waals surface area contributed by atoms with Crippen molar-refractivity contribution in [1.82, 2.24) is 10.5 Å². The van der Waals surface area contributed by atoms with Crippen LogP contribution in [0.5, 0.6) is 0 Å². The Kier molecular flexibility index (Phi) is 4.76. The molecule has 0 spiro atoms. The summed E-state index contributed by atoms with van der Waals surface area (Å²) in [6.45, 7) is 0.909. The Hall–Kier alpha value is -1.07. The Morgan fingerprint density at radius 2 is 2.19 bits per heavy atom. The number of carbonyl (C=O) groups is 1. The van der Waals surface area contributed by atoms with Crippen molar-refractivity contribution in [2.45, 2.75) is 25.7 Å². The molecule has 0 aliphatic heterocycles. The van der Waals surface area contributed by atoms with Gasteiger partial charge in [-0.15, -0.1) is 12.4 Å². The molecule has 3 N–H and O–H groups in total. The van der Waals surface area contributed by atoms with E-state index in [9.17, 15) is 4.79 Å². The summed E-state index contributed by atoms with van der Waals surface area (Å²) in [7, 11) is 0. The van der Waals surface area contributed by atoms with Crippen LogP contribution in [0.2, 0.25) is 0 Å². The zero-order valence-electron chi connectivity index (χ0n) is 8.99. The lowest BCUT2D eigenvalue weighted by Gasteiger charge is -2.08. The van der Waals surface area contributed by atoms with Gasteiger partial charge >= 0.3 is 0 Å². The highest BCUT2D eigenvalue weighted by molar-refractivity contribution is 5.93. The molecule has 2 rings (SSSR count). The standard InChI is InChI=1S/C10H15N3O2.ClH/c11-5-6-12-10(14)9-7-3-1-2-4-8(7)15-13-9;/h1-6,11H2,(H,12,14);1H. The van der Waals surface area contributed by atoms with Gasteiger partial charge in [0.1, 0.15) is 5.76 Å². The van der Waals surface area contributed by atoms with Crippen molar-refractivity contribution >= 4 is 18.3 Å². The van der Waals surface area contributed by atoms with Crippen molar-refractivity contribution in [3.8, 4) is 0 Å². The topological polar surface area (TPSA) is 81.1 Å². The lowest BCUT2D eigenvalue weighted by Crippen LogP contribution is -2.30. The molecule has 1 heterocycles. The SMILES string of the molecule is Cl.NCCNC(=O)c1noc2c1CCCC2. The third kappa shape index (κ3) is 2.54. The van der Waals surface area contributed by atoms with E-state index in [0.29, 0.717) is 18.8 Å². The fourth-order valence-corrected chi connectivity index (χ4v) is 1.83. The highest BCUT2D eigenvalue weighted by atomic mass is 35.5. The van der Waals surface area contributed by atoms with Crippen LogP contribution in [-0.4, -0.2) is 24.2 Å². The van der Waals surface area contributed by atoms with Crippen molar-refractivity contribution in [3.63, 3.8) is 0 Å². The second-order valence-electron chi connectivity index (χ2n) is 3.68. The minimum Gasteiger partial charge on any atom is -0.360 e. The van der Waals surface area contributed by atoms with E-state index < -0.39 is 0 Å². The van der Waals surface area contributed by atoms with Gasteiger partial charge in [-0.1, -0.05) is 5.16 Å². The number of nitrogens with two attached hydrogens (primary N) is 1. The minimum atomic E-state index is -0.174. The van der Waals surface area contributed by atoms with Crippen LogP contribution in [0.25, 0.3) is 0 Å². The van der Waals surface area contributed by atoms with Gasteiger partial charge in [-0.05, 0) is 19.3 Å². The Morgan fingerprint density at radius 1 is 1.44 bits per heavy atom. The summed E-state index contributed by atoms with van der Waals surface area (Å²) in [6.07, 6.45) is 4.01. The first-order valence-corrected chi connectivity index (χ1v) is 5.28. The smallest absolute Gasteiger partial charge is 0.273 e. The van der Waals surface area contributed by atoms with Crippen LogP contribution < -0.4 is 11.1 Å². The number of rotatable bonds is 3. The molecule has 6 heteroatoms. The molecular formula is C10H16ClN3O2. The summed E-state index contributed by atoms with van der Waals surface area (Å²) in [5.41, 5.74) is 6.73.